The number of anilines is 2. The van der Waals surface area contributed by atoms with Crippen molar-refractivity contribution in [3.05, 3.63) is 46.2 Å². The first-order valence-corrected chi connectivity index (χ1v) is 10.8. The lowest BCUT2D eigenvalue weighted by Gasteiger charge is -2.26. The number of thiophene rings is 1. The lowest BCUT2D eigenvalue weighted by molar-refractivity contribution is -0.131. The Bertz CT molecular complexity index is 813. The second-order valence-corrected chi connectivity index (χ2v) is 8.61. The van der Waals surface area contributed by atoms with Crippen LogP contribution in [0.4, 0.5) is 11.4 Å². The minimum atomic E-state index is 0.0998. The molecule has 0 spiro atoms. The van der Waals surface area contributed by atoms with Gasteiger partial charge in [-0.2, -0.15) is 0 Å². The van der Waals surface area contributed by atoms with Gasteiger partial charge in [0, 0.05) is 49.4 Å². The van der Waals surface area contributed by atoms with Gasteiger partial charge in [0.05, 0.1) is 6.42 Å². The molecule has 3 rings (SSSR count). The highest BCUT2D eigenvalue weighted by Crippen LogP contribution is 2.31. The quantitative estimate of drug-likeness (QED) is 0.689. The zero-order valence-corrected chi connectivity index (χ0v) is 17.7. The summed E-state index contributed by atoms with van der Waals surface area (Å²) in [5, 5.41) is 5.02. The predicted molar refractivity (Wildman–Crippen MR) is 116 cm³/mol. The number of nitrogens with zero attached hydrogens (tertiary/aromatic N) is 2. The third kappa shape index (κ3) is 5.35. The van der Waals surface area contributed by atoms with Crippen molar-refractivity contribution < 1.29 is 9.59 Å². The minimum Gasteiger partial charge on any atom is -0.377 e. The van der Waals surface area contributed by atoms with Crippen molar-refractivity contribution in [1.82, 2.24) is 4.90 Å². The van der Waals surface area contributed by atoms with Crippen LogP contribution in [0, 0.1) is 5.92 Å². The van der Waals surface area contributed by atoms with E-state index >= 15 is 0 Å². The van der Waals surface area contributed by atoms with Crippen LogP contribution in [0.3, 0.4) is 0 Å². The summed E-state index contributed by atoms with van der Waals surface area (Å²) >= 11 is 1.62. The van der Waals surface area contributed by atoms with Crippen LogP contribution in [0.5, 0.6) is 0 Å². The minimum absolute atomic E-state index is 0.0998. The number of amides is 2. The van der Waals surface area contributed by atoms with E-state index in [0.717, 1.165) is 47.6 Å². The molecule has 0 unspecified atom stereocenters. The number of nitrogens with one attached hydrogen (secondary N) is 1. The van der Waals surface area contributed by atoms with Crippen LogP contribution in [-0.2, 0) is 22.6 Å². The second kappa shape index (κ2) is 9.24. The van der Waals surface area contributed by atoms with Crippen LogP contribution in [0.1, 0.15) is 36.6 Å². The molecule has 1 aliphatic rings. The molecule has 6 heteroatoms. The van der Waals surface area contributed by atoms with Gasteiger partial charge in [-0.15, -0.1) is 11.3 Å². The fraction of sp³-hybridized carbons (Fsp3) is 0.455. The smallest absolute Gasteiger partial charge is 0.228 e. The van der Waals surface area contributed by atoms with Crippen LogP contribution in [-0.4, -0.2) is 37.4 Å². The van der Waals surface area contributed by atoms with Crippen LogP contribution < -0.4 is 10.2 Å². The monoisotopic (exact) mass is 399 g/mol. The van der Waals surface area contributed by atoms with E-state index in [-0.39, 0.29) is 17.7 Å². The maximum absolute atomic E-state index is 12.9. The Kier molecular flexibility index (Phi) is 6.73. The zero-order chi connectivity index (χ0) is 20.1. The number of benzene rings is 1. The highest BCUT2D eigenvalue weighted by molar-refractivity contribution is 7.10. The second-order valence-electron chi connectivity index (χ2n) is 7.57. The molecule has 0 radical (unpaired) electrons. The largest absolute Gasteiger partial charge is 0.377 e. The molecule has 2 aromatic rings. The number of carbonyl (C=O) groups is 2. The van der Waals surface area contributed by atoms with Crippen LogP contribution in [0.15, 0.2) is 35.7 Å². The van der Waals surface area contributed by atoms with Crippen molar-refractivity contribution >= 4 is 34.5 Å². The Morgan fingerprint density at radius 3 is 2.61 bits per heavy atom. The van der Waals surface area contributed by atoms with Gasteiger partial charge in [0.25, 0.3) is 0 Å². The SMILES string of the molecule is CCCN(Cc1cc(NC(=O)C2CC2)ccc1N(C)C)C(=O)Cc1cccs1. The molecule has 1 aliphatic carbocycles. The Hall–Kier alpha value is -2.34. The molecule has 1 fully saturated rings. The summed E-state index contributed by atoms with van der Waals surface area (Å²) < 4.78 is 0. The van der Waals surface area contributed by atoms with Gasteiger partial charge in [-0.25, -0.2) is 0 Å². The van der Waals surface area contributed by atoms with Crippen molar-refractivity contribution in [1.29, 1.82) is 0 Å². The summed E-state index contributed by atoms with van der Waals surface area (Å²) in [5.74, 6) is 0.408. The van der Waals surface area contributed by atoms with E-state index in [1.54, 1.807) is 11.3 Å². The third-order valence-electron chi connectivity index (χ3n) is 4.89. The summed E-state index contributed by atoms with van der Waals surface area (Å²) in [7, 11) is 4.00. The molecule has 150 valence electrons. The molecule has 2 amide bonds. The Morgan fingerprint density at radius 1 is 1.21 bits per heavy atom. The van der Waals surface area contributed by atoms with Crippen molar-refractivity contribution in [2.75, 3.05) is 30.9 Å². The molecular formula is C22H29N3O2S. The van der Waals surface area contributed by atoms with E-state index in [1.165, 1.54) is 0 Å². The van der Waals surface area contributed by atoms with Gasteiger partial charge in [0.1, 0.15) is 0 Å². The number of hydrogen-bond acceptors (Lipinski definition) is 4. The fourth-order valence-electron chi connectivity index (χ4n) is 3.26. The molecule has 5 nitrogen and oxygen atoms in total. The van der Waals surface area contributed by atoms with Gasteiger partial charge < -0.3 is 15.1 Å². The molecule has 0 bridgehead atoms. The summed E-state index contributed by atoms with van der Waals surface area (Å²) in [6.45, 7) is 3.35. The van der Waals surface area contributed by atoms with Crippen molar-refractivity contribution in [3.63, 3.8) is 0 Å². The van der Waals surface area contributed by atoms with E-state index in [0.29, 0.717) is 13.0 Å². The molecule has 1 N–H and O–H groups in total. The first-order valence-electron chi connectivity index (χ1n) is 9.89. The first kappa shape index (κ1) is 20.4. The predicted octanol–water partition coefficient (Wildman–Crippen LogP) is 4.14. The summed E-state index contributed by atoms with van der Waals surface area (Å²) in [6, 6.07) is 9.96. The van der Waals surface area contributed by atoms with Crippen LogP contribution in [0.25, 0.3) is 0 Å². The van der Waals surface area contributed by atoms with E-state index in [2.05, 4.69) is 17.1 Å². The maximum atomic E-state index is 12.9. The molecule has 1 saturated carbocycles. The first-order chi connectivity index (χ1) is 13.5. The van der Waals surface area contributed by atoms with Crippen molar-refractivity contribution in [3.8, 4) is 0 Å². The summed E-state index contributed by atoms with van der Waals surface area (Å²) in [5.41, 5.74) is 2.92. The fourth-order valence-corrected chi connectivity index (χ4v) is 3.95. The van der Waals surface area contributed by atoms with Crippen molar-refractivity contribution in [2.45, 2.75) is 39.2 Å². The third-order valence-corrected chi connectivity index (χ3v) is 5.77. The Balaban J connectivity index is 1.78. The van der Waals surface area contributed by atoms with Crippen LogP contribution in [0.2, 0.25) is 0 Å². The number of rotatable bonds is 9. The number of carbonyl (C=O) groups excluding carboxylic acids is 2. The summed E-state index contributed by atoms with van der Waals surface area (Å²) in [4.78, 5) is 30.1. The molecule has 0 saturated heterocycles. The van der Waals surface area contributed by atoms with E-state index in [1.807, 2.05) is 54.7 Å². The molecule has 1 aromatic carbocycles. The lowest BCUT2D eigenvalue weighted by Crippen LogP contribution is -2.33. The topological polar surface area (TPSA) is 52.7 Å². The van der Waals surface area contributed by atoms with Gasteiger partial charge in [-0.3, -0.25) is 9.59 Å². The Labute approximate surface area is 171 Å². The van der Waals surface area contributed by atoms with Gasteiger partial charge in [0.2, 0.25) is 11.8 Å². The van der Waals surface area contributed by atoms with E-state index < -0.39 is 0 Å². The highest BCUT2D eigenvalue weighted by atomic mass is 32.1. The average Bonchev–Trinajstić information content (AvgIpc) is 3.39. The summed E-state index contributed by atoms with van der Waals surface area (Å²) in [6.07, 6.45) is 3.31. The molecule has 28 heavy (non-hydrogen) atoms. The van der Waals surface area contributed by atoms with E-state index in [4.69, 9.17) is 0 Å². The Morgan fingerprint density at radius 2 is 2.00 bits per heavy atom. The van der Waals surface area contributed by atoms with E-state index in [9.17, 15) is 9.59 Å². The normalized spacial score (nSPS) is 13.2. The molecule has 1 aromatic heterocycles. The number of hydrogen-bond donors (Lipinski definition) is 1. The molecular weight excluding hydrogens is 370 g/mol. The lowest BCUT2D eigenvalue weighted by atomic mass is 10.1. The average molecular weight is 400 g/mol. The molecule has 0 atom stereocenters. The maximum Gasteiger partial charge on any atom is 0.228 e. The van der Waals surface area contributed by atoms with Gasteiger partial charge in [0.15, 0.2) is 0 Å². The van der Waals surface area contributed by atoms with Gasteiger partial charge >= 0.3 is 0 Å². The highest BCUT2D eigenvalue weighted by Gasteiger charge is 2.29. The molecule has 0 aliphatic heterocycles. The molecule has 1 heterocycles. The van der Waals surface area contributed by atoms with Gasteiger partial charge in [-0.05, 0) is 54.5 Å². The van der Waals surface area contributed by atoms with Crippen molar-refractivity contribution in [2.24, 2.45) is 5.92 Å². The van der Waals surface area contributed by atoms with Gasteiger partial charge in [-0.1, -0.05) is 13.0 Å². The zero-order valence-electron chi connectivity index (χ0n) is 16.9. The standard InChI is InChI=1S/C22H29N3O2S/c1-4-11-25(21(26)14-19-6-5-12-28-19)15-17-13-18(9-10-20(17)24(2)3)23-22(27)16-7-8-16/h5-6,9-10,12-13,16H,4,7-8,11,14-15H2,1-3H3,(H,23,27). The van der Waals surface area contributed by atoms with Crippen LogP contribution >= 0.6 is 11.3 Å².